The third-order valence-electron chi connectivity index (χ3n) is 3.41. The van der Waals surface area contributed by atoms with Gasteiger partial charge in [-0.05, 0) is 37.6 Å². The van der Waals surface area contributed by atoms with Gasteiger partial charge in [-0.25, -0.2) is 0 Å². The second kappa shape index (κ2) is 7.93. The molecule has 0 bridgehead atoms. The van der Waals surface area contributed by atoms with E-state index in [1.165, 1.54) is 6.07 Å². The van der Waals surface area contributed by atoms with Crippen molar-refractivity contribution in [2.24, 2.45) is 0 Å². The van der Waals surface area contributed by atoms with Gasteiger partial charge in [0.15, 0.2) is 0 Å². The number of rotatable bonds is 8. The average molecular weight is 338 g/mol. The molecule has 0 aromatic heterocycles. The molecule has 1 N–H and O–H groups in total. The Labute approximate surface area is 136 Å². The van der Waals surface area contributed by atoms with Gasteiger partial charge in [0.1, 0.15) is 5.75 Å². The quantitative estimate of drug-likeness (QED) is 0.585. The highest BCUT2D eigenvalue weighted by atomic mass is 31.2. The molecule has 0 saturated carbocycles. The van der Waals surface area contributed by atoms with E-state index in [2.05, 4.69) is 0 Å². The van der Waals surface area contributed by atoms with Crippen molar-refractivity contribution in [3.05, 3.63) is 36.4 Å². The summed E-state index contributed by atoms with van der Waals surface area (Å²) in [5.74, 6) is -0.0788. The maximum absolute atomic E-state index is 13.7. The predicted molar refractivity (Wildman–Crippen MR) is 91.5 cm³/mol. The lowest BCUT2D eigenvalue weighted by atomic mass is 10.1. The van der Waals surface area contributed by atoms with Crippen LogP contribution in [0, 0.1) is 0 Å². The van der Waals surface area contributed by atoms with Gasteiger partial charge < -0.3 is 19.1 Å². The normalized spacial score (nSPS) is 14.3. The van der Waals surface area contributed by atoms with Gasteiger partial charge in [0.25, 0.3) is 7.37 Å². The molecule has 2 rings (SSSR count). The summed E-state index contributed by atoms with van der Waals surface area (Å²) in [4.78, 5) is 0. The minimum atomic E-state index is -3.59. The molecule has 23 heavy (non-hydrogen) atoms. The number of hydrogen-bond donors (Lipinski definition) is 1. The molecule has 0 aliphatic carbocycles. The van der Waals surface area contributed by atoms with Gasteiger partial charge in [-0.3, -0.25) is 4.57 Å². The molecule has 6 heteroatoms. The summed E-state index contributed by atoms with van der Waals surface area (Å²) in [5.41, 5.74) is 0. The number of aromatic hydroxyl groups is 1. The number of ether oxygens (including phenoxy) is 2. The maximum atomic E-state index is 13.7. The molecule has 0 aliphatic heterocycles. The summed E-state index contributed by atoms with van der Waals surface area (Å²) >= 11 is 0. The monoisotopic (exact) mass is 338 g/mol. The third kappa shape index (κ3) is 3.59. The zero-order valence-corrected chi connectivity index (χ0v) is 14.6. The van der Waals surface area contributed by atoms with Crippen molar-refractivity contribution in [3.8, 4) is 5.75 Å². The Hall–Kier alpha value is -1.39. The van der Waals surface area contributed by atoms with E-state index >= 15 is 0 Å². The second-order valence-corrected chi connectivity index (χ2v) is 7.21. The Balaban J connectivity index is 2.69. The fraction of sp³-hybridized carbons (Fsp3) is 0.412. The zero-order chi connectivity index (χ0) is 16.9. The lowest BCUT2D eigenvalue weighted by molar-refractivity contribution is -0.0875. The van der Waals surface area contributed by atoms with Crippen LogP contribution in [0.4, 0.5) is 0 Å². The van der Waals surface area contributed by atoms with Crippen LogP contribution in [0.15, 0.2) is 36.4 Å². The van der Waals surface area contributed by atoms with Crippen LogP contribution < -0.4 is 5.30 Å². The lowest BCUT2D eigenvalue weighted by Gasteiger charge is -2.28. The molecular formula is C17H23O5P. The number of hydrogen-bond acceptors (Lipinski definition) is 5. The van der Waals surface area contributed by atoms with E-state index in [-0.39, 0.29) is 17.7 Å². The summed E-state index contributed by atoms with van der Waals surface area (Å²) in [6.07, 6.45) is 0. The number of phenols is 1. The fourth-order valence-electron chi connectivity index (χ4n) is 2.52. The zero-order valence-electron chi connectivity index (χ0n) is 13.7. The fourth-order valence-corrected chi connectivity index (χ4v) is 4.99. The van der Waals surface area contributed by atoms with Crippen LogP contribution in [0.25, 0.3) is 10.8 Å². The molecule has 0 amide bonds. The Morgan fingerprint density at radius 3 is 2.26 bits per heavy atom. The molecule has 0 saturated heterocycles. The van der Waals surface area contributed by atoms with Gasteiger partial charge in [0.05, 0.1) is 11.9 Å². The highest BCUT2D eigenvalue weighted by molar-refractivity contribution is 7.68. The summed E-state index contributed by atoms with van der Waals surface area (Å²) in [7, 11) is -3.59. The van der Waals surface area contributed by atoms with Crippen molar-refractivity contribution in [3.63, 3.8) is 0 Å². The first-order valence-electron chi connectivity index (χ1n) is 7.77. The Morgan fingerprint density at radius 1 is 1.00 bits per heavy atom. The van der Waals surface area contributed by atoms with E-state index < -0.39 is 13.4 Å². The molecule has 126 valence electrons. The first kappa shape index (κ1) is 18.0. The van der Waals surface area contributed by atoms with Crippen molar-refractivity contribution in [2.45, 2.75) is 26.8 Å². The average Bonchev–Trinajstić information content (AvgIpc) is 2.54. The molecule has 0 spiro atoms. The molecule has 1 atom stereocenters. The molecule has 2 aromatic rings. The molecular weight excluding hydrogens is 315 g/mol. The van der Waals surface area contributed by atoms with Gasteiger partial charge in [-0.15, -0.1) is 0 Å². The van der Waals surface area contributed by atoms with Crippen molar-refractivity contribution in [2.75, 3.05) is 19.8 Å². The predicted octanol–water partition coefficient (Wildman–Crippen LogP) is 3.84. The number of fused-ring (bicyclic) bond motifs is 1. The summed E-state index contributed by atoms with van der Waals surface area (Å²) in [6.45, 7) is 6.22. The minimum absolute atomic E-state index is 0.0788. The third-order valence-corrected chi connectivity index (χ3v) is 6.00. The molecule has 0 aliphatic rings. The van der Waals surface area contributed by atoms with Gasteiger partial charge in [0.2, 0.25) is 6.03 Å². The summed E-state index contributed by atoms with van der Waals surface area (Å²) in [5, 5.41) is 12.2. The van der Waals surface area contributed by atoms with Crippen LogP contribution in [0.3, 0.4) is 0 Å². The van der Waals surface area contributed by atoms with E-state index in [9.17, 15) is 9.67 Å². The molecule has 1 unspecified atom stereocenters. The Kier molecular flexibility index (Phi) is 6.19. The largest absolute Gasteiger partial charge is 0.507 e. The van der Waals surface area contributed by atoms with Crippen molar-refractivity contribution in [1.29, 1.82) is 0 Å². The molecule has 5 nitrogen and oxygen atoms in total. The van der Waals surface area contributed by atoms with Crippen LogP contribution in [0.2, 0.25) is 0 Å². The SMILES string of the molecule is CCOC(OCC)P(=O)(OCC)c1c(O)ccc2ccccc12. The second-order valence-electron chi connectivity index (χ2n) is 4.89. The van der Waals surface area contributed by atoms with Crippen LogP contribution >= 0.6 is 7.37 Å². The van der Waals surface area contributed by atoms with Gasteiger partial charge in [-0.2, -0.15) is 0 Å². The van der Waals surface area contributed by atoms with Crippen molar-refractivity contribution in [1.82, 2.24) is 0 Å². The Bertz CT molecular complexity index is 694. The molecule has 0 heterocycles. The lowest BCUT2D eigenvalue weighted by Crippen LogP contribution is -2.26. The molecule has 0 fully saturated rings. The van der Waals surface area contributed by atoms with Crippen molar-refractivity contribution < 1.29 is 23.7 Å². The standard InChI is InChI=1S/C17H23O5P/c1-4-20-17(21-5-2)23(19,22-6-3)16-14-10-8-7-9-13(14)11-12-15(16)18/h7-12,17-18H,4-6H2,1-3H3. The minimum Gasteiger partial charge on any atom is -0.507 e. The summed E-state index contributed by atoms with van der Waals surface area (Å²) in [6, 6.07) is 9.68. The van der Waals surface area contributed by atoms with Crippen LogP contribution in [-0.4, -0.2) is 31.0 Å². The first-order valence-corrected chi connectivity index (χ1v) is 9.46. The van der Waals surface area contributed by atoms with E-state index in [1.54, 1.807) is 26.8 Å². The maximum Gasteiger partial charge on any atom is 0.290 e. The number of phenolic OH excluding ortho intramolecular Hbond substituents is 1. The van der Waals surface area contributed by atoms with Gasteiger partial charge in [0, 0.05) is 13.2 Å². The highest BCUT2D eigenvalue weighted by Crippen LogP contribution is 2.55. The number of benzene rings is 2. The van der Waals surface area contributed by atoms with Gasteiger partial charge in [-0.1, -0.05) is 30.3 Å². The molecule has 0 radical (unpaired) electrons. The van der Waals surface area contributed by atoms with Crippen LogP contribution in [-0.2, 0) is 18.6 Å². The first-order chi connectivity index (χ1) is 11.1. The van der Waals surface area contributed by atoms with Crippen LogP contribution in [0.1, 0.15) is 20.8 Å². The Morgan fingerprint density at radius 2 is 1.65 bits per heavy atom. The topological polar surface area (TPSA) is 65.0 Å². The summed E-state index contributed by atoms with van der Waals surface area (Å²) < 4.78 is 30.4. The van der Waals surface area contributed by atoms with E-state index in [0.717, 1.165) is 5.39 Å². The van der Waals surface area contributed by atoms with E-state index in [0.29, 0.717) is 18.6 Å². The van der Waals surface area contributed by atoms with Crippen LogP contribution in [0.5, 0.6) is 5.75 Å². The van der Waals surface area contributed by atoms with Gasteiger partial charge >= 0.3 is 0 Å². The highest BCUT2D eigenvalue weighted by Gasteiger charge is 2.41. The van der Waals surface area contributed by atoms with Crippen molar-refractivity contribution >= 4 is 23.4 Å². The molecule has 2 aromatic carbocycles. The van der Waals surface area contributed by atoms with E-state index in [4.69, 9.17) is 14.0 Å². The smallest absolute Gasteiger partial charge is 0.290 e. The van der Waals surface area contributed by atoms with E-state index in [1.807, 2.05) is 24.3 Å².